The molecule has 0 aliphatic heterocycles. The number of carbonyl (C=O) groups is 2. The van der Waals surface area contributed by atoms with Crippen LogP contribution >= 0.6 is 0 Å². The molecule has 4 heteroatoms. The van der Waals surface area contributed by atoms with Crippen molar-refractivity contribution in [1.29, 1.82) is 0 Å². The summed E-state index contributed by atoms with van der Waals surface area (Å²) < 4.78 is 4.78. The Bertz CT molecular complexity index is 715. The fraction of sp³-hybridized carbons (Fsp3) is 0.158. The van der Waals surface area contributed by atoms with Gasteiger partial charge in [-0.3, -0.25) is 4.79 Å². The van der Waals surface area contributed by atoms with E-state index in [1.807, 2.05) is 30.3 Å². The van der Waals surface area contributed by atoms with Gasteiger partial charge in [-0.1, -0.05) is 36.3 Å². The minimum absolute atomic E-state index is 0.347. The first-order valence-electron chi connectivity index (χ1n) is 7.13. The number of terminal acetylenes is 1. The molecule has 0 spiro atoms. The first kappa shape index (κ1) is 16.3. The molecule has 2 aromatic rings. The lowest BCUT2D eigenvalue weighted by Gasteiger charge is -2.16. The monoisotopic (exact) mass is 307 g/mol. The molecule has 23 heavy (non-hydrogen) atoms. The molecule has 1 amide bonds. The topological polar surface area (TPSA) is 55.4 Å². The van der Waals surface area contributed by atoms with E-state index in [1.165, 1.54) is 7.11 Å². The normalized spacial score (nSPS) is 11.1. The molecule has 2 rings (SSSR count). The molecule has 0 aliphatic carbocycles. The van der Waals surface area contributed by atoms with Gasteiger partial charge in [0.2, 0.25) is 0 Å². The third kappa shape index (κ3) is 4.45. The highest BCUT2D eigenvalue weighted by Gasteiger charge is 2.22. The molecule has 0 saturated carbocycles. The highest BCUT2D eigenvalue weighted by atomic mass is 16.5. The van der Waals surface area contributed by atoms with Gasteiger partial charge in [-0.2, -0.15) is 0 Å². The molecule has 1 atom stereocenters. The van der Waals surface area contributed by atoms with Gasteiger partial charge in [0.05, 0.1) is 7.11 Å². The Balaban J connectivity index is 2.12. The van der Waals surface area contributed by atoms with Crippen LogP contribution in [0.15, 0.2) is 54.6 Å². The number of carbonyl (C=O) groups excluding carboxylic acids is 2. The molecule has 2 aromatic carbocycles. The second-order valence-corrected chi connectivity index (χ2v) is 4.96. The van der Waals surface area contributed by atoms with Crippen LogP contribution in [0.2, 0.25) is 0 Å². The van der Waals surface area contributed by atoms with Crippen LogP contribution in [0, 0.1) is 12.3 Å². The van der Waals surface area contributed by atoms with E-state index in [0.717, 1.165) is 5.56 Å². The number of hydrogen-bond donors (Lipinski definition) is 1. The smallest absolute Gasteiger partial charge is 0.328 e. The van der Waals surface area contributed by atoms with Crippen molar-refractivity contribution >= 4 is 11.9 Å². The molecule has 0 saturated heterocycles. The molecule has 0 fully saturated rings. The van der Waals surface area contributed by atoms with Crippen molar-refractivity contribution in [3.8, 4) is 12.3 Å². The summed E-state index contributed by atoms with van der Waals surface area (Å²) in [7, 11) is 1.30. The predicted molar refractivity (Wildman–Crippen MR) is 87.8 cm³/mol. The largest absolute Gasteiger partial charge is 0.467 e. The Labute approximate surface area is 135 Å². The zero-order valence-electron chi connectivity index (χ0n) is 12.8. The van der Waals surface area contributed by atoms with Crippen molar-refractivity contribution < 1.29 is 14.3 Å². The van der Waals surface area contributed by atoms with E-state index >= 15 is 0 Å². The van der Waals surface area contributed by atoms with Crippen LogP contribution in [0.4, 0.5) is 0 Å². The third-order valence-corrected chi connectivity index (χ3v) is 3.39. The summed E-state index contributed by atoms with van der Waals surface area (Å²) in [5, 5.41) is 2.70. The van der Waals surface area contributed by atoms with Crippen molar-refractivity contribution in [2.75, 3.05) is 7.11 Å². The molecular formula is C19H17NO3. The van der Waals surface area contributed by atoms with Gasteiger partial charge in [0.15, 0.2) is 0 Å². The maximum absolute atomic E-state index is 12.3. The minimum atomic E-state index is -0.748. The van der Waals surface area contributed by atoms with Gasteiger partial charge in [-0.15, -0.1) is 6.42 Å². The lowest BCUT2D eigenvalue weighted by atomic mass is 10.1. The Morgan fingerprint density at radius 3 is 2.35 bits per heavy atom. The second kappa shape index (κ2) is 7.81. The molecule has 0 aliphatic rings. The summed E-state index contributed by atoms with van der Waals surface area (Å²) in [6.45, 7) is 0. The molecule has 0 bridgehead atoms. The Morgan fingerprint density at radius 1 is 1.13 bits per heavy atom. The highest BCUT2D eigenvalue weighted by Crippen LogP contribution is 2.07. The van der Waals surface area contributed by atoms with Gasteiger partial charge in [0, 0.05) is 17.5 Å². The molecule has 1 N–H and O–H groups in total. The molecule has 116 valence electrons. The highest BCUT2D eigenvalue weighted by molar-refractivity contribution is 5.96. The van der Waals surface area contributed by atoms with Crippen molar-refractivity contribution in [1.82, 2.24) is 5.32 Å². The SMILES string of the molecule is C#Cc1ccc(C(=O)NC(Cc2ccccc2)C(=O)OC)cc1. The van der Waals surface area contributed by atoms with E-state index < -0.39 is 12.0 Å². The standard InChI is InChI=1S/C19H17NO3/c1-3-14-9-11-16(12-10-14)18(21)20-17(19(22)23-2)13-15-7-5-4-6-8-15/h1,4-12,17H,13H2,2H3,(H,20,21). The fourth-order valence-electron chi connectivity index (χ4n) is 2.14. The van der Waals surface area contributed by atoms with Crippen LogP contribution in [-0.4, -0.2) is 25.0 Å². The number of ether oxygens (including phenoxy) is 1. The molecule has 0 radical (unpaired) electrons. The van der Waals surface area contributed by atoms with E-state index in [1.54, 1.807) is 24.3 Å². The van der Waals surface area contributed by atoms with E-state index in [-0.39, 0.29) is 5.91 Å². The number of rotatable bonds is 5. The fourth-order valence-corrected chi connectivity index (χ4v) is 2.14. The van der Waals surface area contributed by atoms with Crippen LogP contribution in [-0.2, 0) is 16.0 Å². The van der Waals surface area contributed by atoms with E-state index in [2.05, 4.69) is 11.2 Å². The average molecular weight is 307 g/mol. The molecule has 4 nitrogen and oxygen atoms in total. The molecular weight excluding hydrogens is 290 g/mol. The summed E-state index contributed by atoms with van der Waals surface area (Å²) in [6, 6.07) is 15.3. The van der Waals surface area contributed by atoms with Gasteiger partial charge < -0.3 is 10.1 Å². The van der Waals surface area contributed by atoms with Gasteiger partial charge in [0.1, 0.15) is 6.04 Å². The van der Waals surface area contributed by atoms with E-state index in [4.69, 9.17) is 11.2 Å². The Morgan fingerprint density at radius 2 is 1.78 bits per heavy atom. The summed E-state index contributed by atoms with van der Waals surface area (Å²) in [5.74, 6) is 1.66. The van der Waals surface area contributed by atoms with Crippen LogP contribution in [0.5, 0.6) is 0 Å². The van der Waals surface area contributed by atoms with Crippen LogP contribution < -0.4 is 5.32 Å². The zero-order valence-corrected chi connectivity index (χ0v) is 12.8. The number of esters is 1. The molecule has 0 heterocycles. The van der Waals surface area contributed by atoms with Crippen LogP contribution in [0.1, 0.15) is 21.5 Å². The predicted octanol–water partition coefficient (Wildman–Crippen LogP) is 2.18. The number of hydrogen-bond acceptors (Lipinski definition) is 3. The Kier molecular flexibility index (Phi) is 5.54. The van der Waals surface area contributed by atoms with E-state index in [9.17, 15) is 9.59 Å². The van der Waals surface area contributed by atoms with Crippen molar-refractivity contribution in [3.05, 3.63) is 71.3 Å². The zero-order chi connectivity index (χ0) is 16.7. The maximum atomic E-state index is 12.3. The number of nitrogens with one attached hydrogen (secondary N) is 1. The summed E-state index contributed by atoms with van der Waals surface area (Å²) in [4.78, 5) is 24.2. The Hall–Kier alpha value is -3.06. The van der Waals surface area contributed by atoms with Crippen molar-refractivity contribution in [3.63, 3.8) is 0 Å². The minimum Gasteiger partial charge on any atom is -0.467 e. The second-order valence-electron chi connectivity index (χ2n) is 4.96. The van der Waals surface area contributed by atoms with Gasteiger partial charge in [0.25, 0.3) is 5.91 Å². The third-order valence-electron chi connectivity index (χ3n) is 3.39. The van der Waals surface area contributed by atoms with E-state index in [0.29, 0.717) is 17.5 Å². The van der Waals surface area contributed by atoms with Gasteiger partial charge in [-0.25, -0.2) is 4.79 Å². The molecule has 0 aromatic heterocycles. The summed E-state index contributed by atoms with van der Waals surface area (Å²) >= 11 is 0. The lowest BCUT2D eigenvalue weighted by Crippen LogP contribution is -2.43. The van der Waals surface area contributed by atoms with Crippen molar-refractivity contribution in [2.24, 2.45) is 0 Å². The lowest BCUT2D eigenvalue weighted by molar-refractivity contribution is -0.142. The summed E-state index contributed by atoms with van der Waals surface area (Å²) in [6.07, 6.45) is 5.65. The van der Waals surface area contributed by atoms with Crippen LogP contribution in [0.3, 0.4) is 0 Å². The number of benzene rings is 2. The van der Waals surface area contributed by atoms with Gasteiger partial charge >= 0.3 is 5.97 Å². The quantitative estimate of drug-likeness (QED) is 0.680. The number of methoxy groups -OCH3 is 1. The first-order valence-corrected chi connectivity index (χ1v) is 7.13. The van der Waals surface area contributed by atoms with Gasteiger partial charge in [-0.05, 0) is 29.8 Å². The number of amides is 1. The maximum Gasteiger partial charge on any atom is 0.328 e. The average Bonchev–Trinajstić information content (AvgIpc) is 2.61. The summed E-state index contributed by atoms with van der Waals surface area (Å²) in [5.41, 5.74) is 2.06. The van der Waals surface area contributed by atoms with Crippen LogP contribution in [0.25, 0.3) is 0 Å². The molecule has 1 unspecified atom stereocenters. The van der Waals surface area contributed by atoms with Crippen molar-refractivity contribution in [2.45, 2.75) is 12.5 Å². The first-order chi connectivity index (χ1) is 11.1.